The van der Waals surface area contributed by atoms with Crippen LogP contribution in [0.15, 0.2) is 42.5 Å². The van der Waals surface area contributed by atoms with Gasteiger partial charge in [0.15, 0.2) is 6.61 Å². The summed E-state index contributed by atoms with van der Waals surface area (Å²) in [6, 6.07) is 13.3. The van der Waals surface area contributed by atoms with Crippen molar-refractivity contribution in [2.45, 2.75) is 19.8 Å². The molecule has 0 heterocycles. The maximum absolute atomic E-state index is 13.7. The first-order valence-corrected chi connectivity index (χ1v) is 8.62. The van der Waals surface area contributed by atoms with E-state index < -0.39 is 24.3 Å². The Kier molecular flexibility index (Phi) is 7.33. The fourth-order valence-corrected chi connectivity index (χ4v) is 2.63. The number of hydrogen-bond donors (Lipinski definition) is 0. The molecule has 0 saturated heterocycles. The Morgan fingerprint density at radius 3 is 2.56 bits per heavy atom. The van der Waals surface area contributed by atoms with Gasteiger partial charge >= 0.3 is 5.97 Å². The second-order valence-corrected chi connectivity index (χ2v) is 6.23. The summed E-state index contributed by atoms with van der Waals surface area (Å²) < 4.78 is 18.7. The molecule has 0 atom stereocenters. The second-order valence-electron chi connectivity index (χ2n) is 5.83. The van der Waals surface area contributed by atoms with Gasteiger partial charge < -0.3 is 9.64 Å². The molecule has 140 valence electrons. The lowest BCUT2D eigenvalue weighted by molar-refractivity contribution is -0.147. The third kappa shape index (κ3) is 5.80. The normalized spacial score (nSPS) is 10.1. The lowest BCUT2D eigenvalue weighted by Gasteiger charge is -2.22. The molecule has 0 saturated carbocycles. The van der Waals surface area contributed by atoms with Crippen molar-refractivity contribution in [2.24, 2.45) is 0 Å². The molecule has 0 fully saturated rings. The van der Waals surface area contributed by atoms with Crippen LogP contribution in [0.1, 0.15) is 17.5 Å². The van der Waals surface area contributed by atoms with Gasteiger partial charge in [0.25, 0.3) is 5.91 Å². The first kappa shape index (κ1) is 20.4. The Labute approximate surface area is 161 Å². The van der Waals surface area contributed by atoms with E-state index in [4.69, 9.17) is 21.6 Å². The van der Waals surface area contributed by atoms with E-state index in [1.165, 1.54) is 23.1 Å². The van der Waals surface area contributed by atoms with Crippen LogP contribution in [0, 0.1) is 24.1 Å². The molecule has 0 aromatic heterocycles. The van der Waals surface area contributed by atoms with Crippen LogP contribution in [0.5, 0.6) is 0 Å². The van der Waals surface area contributed by atoms with Crippen LogP contribution < -0.4 is 4.90 Å². The molecule has 7 heteroatoms. The number of aryl methyl sites for hydroxylation is 1. The zero-order valence-electron chi connectivity index (χ0n) is 14.7. The minimum atomic E-state index is -0.764. The van der Waals surface area contributed by atoms with Crippen LogP contribution in [0.3, 0.4) is 0 Å². The molecular weight excluding hydrogens is 371 g/mol. The van der Waals surface area contributed by atoms with Crippen molar-refractivity contribution in [3.63, 3.8) is 0 Å². The molecule has 0 aliphatic rings. The topological polar surface area (TPSA) is 70.4 Å². The van der Waals surface area contributed by atoms with Gasteiger partial charge in [-0.05, 0) is 31.2 Å². The van der Waals surface area contributed by atoms with Gasteiger partial charge in [0.05, 0.1) is 18.9 Å². The Hall–Kier alpha value is -2.91. The largest absolute Gasteiger partial charge is 0.455 e. The molecular formula is C20H18ClFN2O3. The highest BCUT2D eigenvalue weighted by molar-refractivity contribution is 6.31. The van der Waals surface area contributed by atoms with Gasteiger partial charge in [0, 0.05) is 22.8 Å². The highest BCUT2D eigenvalue weighted by Crippen LogP contribution is 2.20. The lowest BCUT2D eigenvalue weighted by Crippen LogP contribution is -2.35. The van der Waals surface area contributed by atoms with E-state index in [1.54, 1.807) is 12.1 Å². The number of halogens is 2. The third-order valence-electron chi connectivity index (χ3n) is 3.83. The highest BCUT2D eigenvalue weighted by Gasteiger charge is 2.19. The monoisotopic (exact) mass is 388 g/mol. The molecule has 2 rings (SSSR count). The van der Waals surface area contributed by atoms with Crippen LogP contribution >= 0.6 is 11.6 Å². The number of carbonyl (C=O) groups excluding carboxylic acids is 2. The molecule has 0 aliphatic carbocycles. The van der Waals surface area contributed by atoms with E-state index >= 15 is 0 Å². The van der Waals surface area contributed by atoms with Crippen molar-refractivity contribution >= 4 is 29.2 Å². The van der Waals surface area contributed by atoms with Crippen molar-refractivity contribution in [2.75, 3.05) is 18.1 Å². The van der Waals surface area contributed by atoms with Crippen LogP contribution in [0.2, 0.25) is 5.02 Å². The Bertz CT molecular complexity index is 842. The summed E-state index contributed by atoms with van der Waals surface area (Å²) in [4.78, 5) is 25.8. The predicted octanol–water partition coefficient (Wildman–Crippen LogP) is 3.82. The smallest absolute Gasteiger partial charge is 0.310 e. The number of anilines is 1. The van der Waals surface area contributed by atoms with Gasteiger partial charge in [-0.2, -0.15) is 5.26 Å². The maximum Gasteiger partial charge on any atom is 0.310 e. The number of esters is 1. The molecule has 0 aliphatic heterocycles. The van der Waals surface area contributed by atoms with Crippen LogP contribution in [-0.4, -0.2) is 25.0 Å². The standard InChI is InChI=1S/C20H18ClFN2O3/c1-14-6-8-15(9-7-14)24(11-3-10-23)19(25)13-27-20(26)12-16-17(21)4-2-5-18(16)22/h2,4-9H,3,11-13H2,1H3. The van der Waals surface area contributed by atoms with E-state index in [2.05, 4.69) is 0 Å². The first-order chi connectivity index (χ1) is 12.9. The minimum Gasteiger partial charge on any atom is -0.455 e. The number of nitriles is 1. The average Bonchev–Trinajstić information content (AvgIpc) is 2.65. The van der Waals surface area contributed by atoms with Crippen molar-refractivity contribution in [3.8, 4) is 6.07 Å². The van der Waals surface area contributed by atoms with Crippen molar-refractivity contribution in [3.05, 3.63) is 64.4 Å². The minimum absolute atomic E-state index is 0.0245. The summed E-state index contributed by atoms with van der Waals surface area (Å²) in [5.74, 6) is -1.84. The van der Waals surface area contributed by atoms with Gasteiger partial charge in [0.2, 0.25) is 0 Å². The molecule has 2 aromatic rings. The van der Waals surface area contributed by atoms with Gasteiger partial charge in [-0.3, -0.25) is 9.59 Å². The fourth-order valence-electron chi connectivity index (χ4n) is 2.40. The molecule has 27 heavy (non-hydrogen) atoms. The number of nitrogens with zero attached hydrogens (tertiary/aromatic N) is 2. The van der Waals surface area contributed by atoms with Gasteiger partial charge in [-0.1, -0.05) is 35.4 Å². The lowest BCUT2D eigenvalue weighted by atomic mass is 10.1. The quantitative estimate of drug-likeness (QED) is 0.676. The summed E-state index contributed by atoms with van der Waals surface area (Å²) in [5.41, 5.74) is 1.66. The molecule has 0 spiro atoms. The molecule has 1 amide bonds. The molecule has 2 aromatic carbocycles. The fraction of sp³-hybridized carbons (Fsp3) is 0.250. The van der Waals surface area contributed by atoms with Gasteiger partial charge in [-0.15, -0.1) is 0 Å². The van der Waals surface area contributed by atoms with Crippen LogP contribution in [0.25, 0.3) is 0 Å². The Balaban J connectivity index is 2.01. The number of ether oxygens (including phenoxy) is 1. The van der Waals surface area contributed by atoms with Crippen molar-refractivity contribution in [1.29, 1.82) is 5.26 Å². The van der Waals surface area contributed by atoms with Crippen molar-refractivity contribution in [1.82, 2.24) is 0 Å². The summed E-state index contributed by atoms with van der Waals surface area (Å²) in [6.45, 7) is 1.58. The number of amides is 1. The summed E-state index contributed by atoms with van der Waals surface area (Å²) in [7, 11) is 0. The third-order valence-corrected chi connectivity index (χ3v) is 4.19. The number of rotatable bonds is 7. The van der Waals surface area contributed by atoms with E-state index in [9.17, 15) is 14.0 Å². The molecule has 0 N–H and O–H groups in total. The van der Waals surface area contributed by atoms with Crippen LogP contribution in [-0.2, 0) is 20.7 Å². The Morgan fingerprint density at radius 2 is 1.93 bits per heavy atom. The zero-order valence-corrected chi connectivity index (χ0v) is 15.5. The maximum atomic E-state index is 13.7. The summed E-state index contributed by atoms with van der Waals surface area (Å²) in [5, 5.41) is 8.92. The molecule has 0 bridgehead atoms. The Morgan fingerprint density at radius 1 is 1.22 bits per heavy atom. The van der Waals surface area contributed by atoms with Gasteiger partial charge in [-0.25, -0.2) is 4.39 Å². The van der Waals surface area contributed by atoms with Gasteiger partial charge in [0.1, 0.15) is 5.82 Å². The SMILES string of the molecule is Cc1ccc(N(CCC#N)C(=O)COC(=O)Cc2c(F)cccc2Cl)cc1. The van der Waals surface area contributed by atoms with E-state index in [1.807, 2.05) is 25.1 Å². The first-order valence-electron chi connectivity index (χ1n) is 8.25. The van der Waals surface area contributed by atoms with E-state index in [0.29, 0.717) is 5.69 Å². The molecule has 5 nitrogen and oxygen atoms in total. The van der Waals surface area contributed by atoms with Crippen LogP contribution in [0.4, 0.5) is 10.1 Å². The predicted molar refractivity (Wildman–Crippen MR) is 99.8 cm³/mol. The van der Waals surface area contributed by atoms with E-state index in [-0.39, 0.29) is 30.0 Å². The average molecular weight is 389 g/mol. The highest BCUT2D eigenvalue weighted by atomic mass is 35.5. The number of hydrogen-bond acceptors (Lipinski definition) is 4. The number of carbonyl (C=O) groups is 2. The second kappa shape index (κ2) is 9.70. The molecule has 0 unspecified atom stereocenters. The van der Waals surface area contributed by atoms with Crippen molar-refractivity contribution < 1.29 is 18.7 Å². The zero-order chi connectivity index (χ0) is 19.8. The van der Waals surface area contributed by atoms with E-state index in [0.717, 1.165) is 5.56 Å². The summed E-state index contributed by atoms with van der Waals surface area (Å²) in [6.07, 6.45) is -0.236. The molecule has 0 radical (unpaired) electrons. The number of benzene rings is 2. The summed E-state index contributed by atoms with van der Waals surface area (Å²) >= 11 is 5.88.